The third kappa shape index (κ3) is 1.69. The van der Waals surface area contributed by atoms with E-state index in [1.807, 2.05) is 6.07 Å². The summed E-state index contributed by atoms with van der Waals surface area (Å²) < 4.78 is 23.3. The molecule has 0 saturated heterocycles. The van der Waals surface area contributed by atoms with Crippen LogP contribution in [-0.4, -0.2) is 8.42 Å². The second kappa shape index (κ2) is 3.44. The maximum Gasteiger partial charge on any atom is 0.200 e. The average molecular weight is 225 g/mol. The van der Waals surface area contributed by atoms with Crippen LogP contribution < -0.4 is 5.90 Å². The van der Waals surface area contributed by atoms with Gasteiger partial charge in [0, 0.05) is 5.41 Å². The highest BCUT2D eigenvalue weighted by Crippen LogP contribution is 2.33. The number of allylic oxidation sites excluding steroid dienone is 1. The van der Waals surface area contributed by atoms with Gasteiger partial charge in [0.05, 0.1) is 11.5 Å². The normalized spacial score (nSPS) is 17.3. The van der Waals surface area contributed by atoms with Gasteiger partial charge in [-0.3, -0.25) is 4.84 Å². The van der Waals surface area contributed by atoms with Gasteiger partial charge in [-0.1, -0.05) is 12.1 Å². The van der Waals surface area contributed by atoms with Crippen LogP contribution in [0.1, 0.15) is 18.1 Å². The first-order valence-electron chi connectivity index (χ1n) is 4.43. The van der Waals surface area contributed by atoms with Gasteiger partial charge in [0.1, 0.15) is 0 Å². The monoisotopic (exact) mass is 225 g/mol. The standard InChI is InChI=1S/C10H11NO3S/c1-7-6-15(12,13)10-4-8(5-14-11)2-3-9(7)10/h2-4,6H,5,11H2,1H3. The Morgan fingerprint density at radius 2 is 2.13 bits per heavy atom. The second-order valence-corrected chi connectivity index (χ2v) is 5.25. The summed E-state index contributed by atoms with van der Waals surface area (Å²) >= 11 is 0. The summed E-state index contributed by atoms with van der Waals surface area (Å²) in [7, 11) is -3.25. The zero-order valence-corrected chi connectivity index (χ0v) is 9.04. The molecule has 1 aromatic rings. The minimum atomic E-state index is -3.25. The molecule has 0 aromatic heterocycles. The van der Waals surface area contributed by atoms with Crippen LogP contribution in [0, 0.1) is 0 Å². The molecule has 0 unspecified atom stereocenters. The van der Waals surface area contributed by atoms with Crippen molar-refractivity contribution in [2.45, 2.75) is 18.4 Å². The largest absolute Gasteiger partial charge is 0.300 e. The van der Waals surface area contributed by atoms with E-state index in [-0.39, 0.29) is 6.61 Å². The van der Waals surface area contributed by atoms with Crippen LogP contribution in [0.3, 0.4) is 0 Å². The van der Waals surface area contributed by atoms with Crippen molar-refractivity contribution in [2.24, 2.45) is 5.90 Å². The van der Waals surface area contributed by atoms with Crippen molar-refractivity contribution in [3.8, 4) is 0 Å². The molecule has 0 amide bonds. The molecular formula is C10H11NO3S. The highest BCUT2D eigenvalue weighted by molar-refractivity contribution is 7.95. The molecule has 0 radical (unpaired) electrons. The van der Waals surface area contributed by atoms with Crippen molar-refractivity contribution < 1.29 is 13.3 Å². The van der Waals surface area contributed by atoms with Crippen LogP contribution >= 0.6 is 0 Å². The van der Waals surface area contributed by atoms with Gasteiger partial charge in [0.2, 0.25) is 9.84 Å². The zero-order chi connectivity index (χ0) is 11.1. The first-order chi connectivity index (χ1) is 7.04. The summed E-state index contributed by atoms with van der Waals surface area (Å²) in [5.41, 5.74) is 2.28. The molecule has 5 heteroatoms. The molecule has 80 valence electrons. The molecule has 0 atom stereocenters. The van der Waals surface area contributed by atoms with Gasteiger partial charge in [-0.15, -0.1) is 0 Å². The second-order valence-electron chi connectivity index (χ2n) is 3.49. The van der Waals surface area contributed by atoms with Crippen LogP contribution in [0.25, 0.3) is 5.57 Å². The Labute approximate surface area is 88.2 Å². The van der Waals surface area contributed by atoms with Crippen molar-refractivity contribution in [2.75, 3.05) is 0 Å². The zero-order valence-electron chi connectivity index (χ0n) is 8.23. The summed E-state index contributed by atoms with van der Waals surface area (Å²) in [5, 5.41) is 1.28. The number of rotatable bonds is 2. The van der Waals surface area contributed by atoms with Gasteiger partial charge in [0.15, 0.2) is 0 Å². The van der Waals surface area contributed by atoms with Crippen molar-refractivity contribution in [3.63, 3.8) is 0 Å². The molecule has 0 fully saturated rings. The summed E-state index contributed by atoms with van der Waals surface area (Å²) in [5.74, 6) is 4.94. The van der Waals surface area contributed by atoms with Crippen molar-refractivity contribution in [3.05, 3.63) is 34.7 Å². The first kappa shape index (κ1) is 10.4. The molecule has 4 nitrogen and oxygen atoms in total. The minimum absolute atomic E-state index is 0.210. The van der Waals surface area contributed by atoms with Crippen LogP contribution in [0.2, 0.25) is 0 Å². The van der Waals surface area contributed by atoms with Crippen LogP contribution in [0.4, 0.5) is 0 Å². The van der Waals surface area contributed by atoms with E-state index in [4.69, 9.17) is 5.90 Å². The molecule has 1 aliphatic heterocycles. The lowest BCUT2D eigenvalue weighted by atomic mass is 10.1. The van der Waals surface area contributed by atoms with Crippen LogP contribution in [0.5, 0.6) is 0 Å². The Morgan fingerprint density at radius 3 is 2.80 bits per heavy atom. The Morgan fingerprint density at radius 1 is 1.40 bits per heavy atom. The Bertz CT molecular complexity index is 532. The fraction of sp³-hybridized carbons (Fsp3) is 0.200. The third-order valence-electron chi connectivity index (χ3n) is 2.36. The SMILES string of the molecule is CC1=CS(=O)(=O)c2cc(CON)ccc21. The van der Waals surface area contributed by atoms with Crippen molar-refractivity contribution in [1.82, 2.24) is 0 Å². The molecule has 1 aromatic carbocycles. The van der Waals surface area contributed by atoms with Gasteiger partial charge in [-0.25, -0.2) is 14.3 Å². The Balaban J connectivity index is 2.57. The van der Waals surface area contributed by atoms with E-state index < -0.39 is 9.84 Å². The molecular weight excluding hydrogens is 214 g/mol. The lowest BCUT2D eigenvalue weighted by Gasteiger charge is -2.03. The van der Waals surface area contributed by atoms with Gasteiger partial charge >= 0.3 is 0 Å². The summed E-state index contributed by atoms with van der Waals surface area (Å²) in [6.07, 6.45) is 0. The quantitative estimate of drug-likeness (QED) is 0.768. The molecule has 0 spiro atoms. The Hall–Kier alpha value is -1.17. The molecule has 15 heavy (non-hydrogen) atoms. The minimum Gasteiger partial charge on any atom is -0.300 e. The molecule has 0 bridgehead atoms. The average Bonchev–Trinajstić information content (AvgIpc) is 2.38. The van der Waals surface area contributed by atoms with Crippen molar-refractivity contribution in [1.29, 1.82) is 0 Å². The summed E-state index contributed by atoms with van der Waals surface area (Å²) in [4.78, 5) is 4.81. The van der Waals surface area contributed by atoms with Gasteiger partial charge < -0.3 is 0 Å². The molecule has 1 aliphatic rings. The molecule has 2 N–H and O–H groups in total. The fourth-order valence-electron chi connectivity index (χ4n) is 1.67. The topological polar surface area (TPSA) is 69.4 Å². The first-order valence-corrected chi connectivity index (χ1v) is 5.97. The molecule has 0 saturated carbocycles. The number of fused-ring (bicyclic) bond motifs is 1. The predicted molar refractivity (Wildman–Crippen MR) is 56.3 cm³/mol. The summed E-state index contributed by atoms with van der Waals surface area (Å²) in [6, 6.07) is 5.19. The fourth-order valence-corrected chi connectivity index (χ4v) is 3.24. The Kier molecular flexibility index (Phi) is 2.38. The third-order valence-corrected chi connectivity index (χ3v) is 3.97. The van der Waals surface area contributed by atoms with E-state index in [0.29, 0.717) is 4.90 Å². The van der Waals surface area contributed by atoms with Gasteiger partial charge in [0.25, 0.3) is 0 Å². The smallest absolute Gasteiger partial charge is 0.200 e. The molecule has 0 aliphatic carbocycles. The van der Waals surface area contributed by atoms with Gasteiger partial charge in [-0.2, -0.15) is 0 Å². The van der Waals surface area contributed by atoms with E-state index in [1.165, 1.54) is 5.41 Å². The lowest BCUT2D eigenvalue weighted by Crippen LogP contribution is -2.01. The number of hydrogen-bond donors (Lipinski definition) is 1. The van der Waals surface area contributed by atoms with Crippen molar-refractivity contribution >= 4 is 15.4 Å². The molecule has 2 rings (SSSR count). The van der Waals surface area contributed by atoms with E-state index in [2.05, 4.69) is 4.84 Å². The number of benzene rings is 1. The lowest BCUT2D eigenvalue weighted by molar-refractivity contribution is 0.124. The van der Waals surface area contributed by atoms with E-state index in [0.717, 1.165) is 16.7 Å². The number of hydrogen-bond acceptors (Lipinski definition) is 4. The number of sulfone groups is 1. The molecule has 1 heterocycles. The maximum atomic E-state index is 11.7. The van der Waals surface area contributed by atoms with E-state index >= 15 is 0 Å². The van der Waals surface area contributed by atoms with Gasteiger partial charge in [-0.05, 0) is 29.7 Å². The van der Waals surface area contributed by atoms with Crippen LogP contribution in [-0.2, 0) is 21.3 Å². The van der Waals surface area contributed by atoms with Crippen LogP contribution in [0.15, 0.2) is 28.5 Å². The van der Waals surface area contributed by atoms with E-state index in [1.54, 1.807) is 19.1 Å². The highest BCUT2D eigenvalue weighted by Gasteiger charge is 2.24. The van der Waals surface area contributed by atoms with E-state index in [9.17, 15) is 8.42 Å². The predicted octanol–water partition coefficient (Wildman–Crippen LogP) is 1.23. The maximum absolute atomic E-state index is 11.7. The number of nitrogens with two attached hydrogens (primary N) is 1. The highest BCUT2D eigenvalue weighted by atomic mass is 32.2. The summed E-state index contributed by atoms with van der Waals surface area (Å²) in [6.45, 7) is 1.99.